The molecule has 36 heavy (non-hydrogen) atoms. The topological polar surface area (TPSA) is 50.6 Å². The second kappa shape index (κ2) is 9.71. The van der Waals surface area contributed by atoms with E-state index < -0.39 is 0 Å². The maximum absolute atomic E-state index is 13.8. The van der Waals surface area contributed by atoms with Gasteiger partial charge in [0, 0.05) is 54.7 Å². The van der Waals surface area contributed by atoms with E-state index >= 15 is 0 Å². The first kappa shape index (κ1) is 23.3. The Kier molecular flexibility index (Phi) is 6.27. The van der Waals surface area contributed by atoms with Crippen LogP contribution in [0, 0.1) is 0 Å². The fourth-order valence-corrected chi connectivity index (χ4v) is 5.77. The molecule has 0 N–H and O–H groups in total. The minimum atomic E-state index is 0.0433. The largest absolute Gasteiger partial charge is 0.492 e. The van der Waals surface area contributed by atoms with E-state index in [-0.39, 0.29) is 5.43 Å². The zero-order chi connectivity index (χ0) is 24.6. The van der Waals surface area contributed by atoms with Crippen LogP contribution in [0.1, 0.15) is 30.4 Å². The zero-order valence-electron chi connectivity index (χ0n) is 20.4. The Hall–Kier alpha value is -3.16. The molecule has 1 fully saturated rings. The number of nitrogens with zero attached hydrogens (tertiary/aromatic N) is 4. The standard InChI is InChI=1S/C29H29BrN4O2/c1-32-26-15-22(30)7-8-25(26)34-19-21(14-20-6-5-9-31-18-20)29(35)24-16-23(17-27(32)28(24)34)36-13-12-33-10-3-2-4-11-33/h5-9,15-19H,2-4,10-14H2,1H3. The first-order valence-corrected chi connectivity index (χ1v) is 13.4. The first-order valence-electron chi connectivity index (χ1n) is 12.6. The van der Waals surface area contributed by atoms with Gasteiger partial charge >= 0.3 is 0 Å². The molecule has 6 rings (SSSR count). The quantitative estimate of drug-likeness (QED) is 0.312. The normalized spacial score (nSPS) is 15.2. The van der Waals surface area contributed by atoms with Gasteiger partial charge in [-0.1, -0.05) is 28.4 Å². The summed E-state index contributed by atoms with van der Waals surface area (Å²) in [6.45, 7) is 3.80. The van der Waals surface area contributed by atoms with Crippen molar-refractivity contribution in [3.8, 4) is 11.4 Å². The van der Waals surface area contributed by atoms with E-state index in [1.807, 2.05) is 36.7 Å². The summed E-state index contributed by atoms with van der Waals surface area (Å²) < 4.78 is 9.44. The van der Waals surface area contributed by atoms with Crippen LogP contribution in [0.4, 0.5) is 11.4 Å². The minimum absolute atomic E-state index is 0.0433. The van der Waals surface area contributed by atoms with Crippen molar-refractivity contribution >= 4 is 38.2 Å². The molecule has 0 spiro atoms. The molecule has 0 bridgehead atoms. The van der Waals surface area contributed by atoms with Crippen LogP contribution in [0.2, 0.25) is 0 Å². The number of benzene rings is 2. The number of pyridine rings is 2. The predicted octanol–water partition coefficient (Wildman–Crippen LogP) is 5.69. The maximum atomic E-state index is 13.8. The van der Waals surface area contributed by atoms with E-state index in [0.29, 0.717) is 18.4 Å². The number of hydrogen-bond donors (Lipinski definition) is 0. The molecule has 2 aliphatic rings. The van der Waals surface area contributed by atoms with Crippen LogP contribution in [-0.2, 0) is 6.42 Å². The molecule has 0 aliphatic carbocycles. The van der Waals surface area contributed by atoms with Crippen LogP contribution in [0.5, 0.6) is 5.75 Å². The highest BCUT2D eigenvalue weighted by Crippen LogP contribution is 2.43. The molecule has 0 radical (unpaired) electrons. The summed E-state index contributed by atoms with van der Waals surface area (Å²) in [5.41, 5.74) is 5.79. The van der Waals surface area contributed by atoms with Crippen molar-refractivity contribution in [2.75, 3.05) is 38.2 Å². The van der Waals surface area contributed by atoms with Crippen LogP contribution >= 0.6 is 15.9 Å². The molecule has 0 atom stereocenters. The molecule has 2 aromatic heterocycles. The maximum Gasteiger partial charge on any atom is 0.193 e. The molecule has 4 aromatic rings. The number of likely N-dealkylation sites (tertiary alicyclic amines) is 1. The molecule has 0 amide bonds. The summed E-state index contributed by atoms with van der Waals surface area (Å²) in [6.07, 6.45) is 9.95. The predicted molar refractivity (Wildman–Crippen MR) is 148 cm³/mol. The fourth-order valence-electron chi connectivity index (χ4n) is 5.42. The van der Waals surface area contributed by atoms with Crippen molar-refractivity contribution in [1.82, 2.24) is 14.5 Å². The van der Waals surface area contributed by atoms with Gasteiger partial charge in [0.1, 0.15) is 12.4 Å². The highest BCUT2D eigenvalue weighted by Gasteiger charge is 2.25. The average molecular weight is 545 g/mol. The van der Waals surface area contributed by atoms with Crippen LogP contribution in [-0.4, -0.2) is 47.7 Å². The lowest BCUT2D eigenvalue weighted by Crippen LogP contribution is -2.33. The lowest BCUT2D eigenvalue weighted by atomic mass is 10.0. The minimum Gasteiger partial charge on any atom is -0.492 e. The van der Waals surface area contributed by atoms with E-state index in [2.05, 4.69) is 60.5 Å². The van der Waals surface area contributed by atoms with Gasteiger partial charge in [0.15, 0.2) is 5.43 Å². The van der Waals surface area contributed by atoms with E-state index in [9.17, 15) is 4.79 Å². The van der Waals surface area contributed by atoms with Gasteiger partial charge in [-0.15, -0.1) is 0 Å². The summed E-state index contributed by atoms with van der Waals surface area (Å²) in [4.78, 5) is 22.7. The lowest BCUT2D eigenvalue weighted by molar-refractivity contribution is 0.183. The monoisotopic (exact) mass is 544 g/mol. The molecular formula is C29H29BrN4O2. The van der Waals surface area contributed by atoms with Crippen molar-refractivity contribution < 1.29 is 4.74 Å². The number of fused-ring (bicyclic) bond motifs is 2. The highest BCUT2D eigenvalue weighted by molar-refractivity contribution is 9.10. The van der Waals surface area contributed by atoms with Crippen LogP contribution in [0.15, 0.2) is 70.3 Å². The molecule has 0 saturated carbocycles. The van der Waals surface area contributed by atoms with Crippen molar-refractivity contribution in [2.45, 2.75) is 25.7 Å². The number of anilines is 2. The lowest BCUT2D eigenvalue weighted by Gasteiger charge is -2.32. The second-order valence-electron chi connectivity index (χ2n) is 9.67. The number of halogens is 1. The van der Waals surface area contributed by atoms with Gasteiger partial charge in [0.2, 0.25) is 0 Å². The van der Waals surface area contributed by atoms with Crippen molar-refractivity contribution in [1.29, 1.82) is 0 Å². The highest BCUT2D eigenvalue weighted by atomic mass is 79.9. The van der Waals surface area contributed by atoms with E-state index in [4.69, 9.17) is 4.74 Å². The Morgan fingerprint density at radius 2 is 1.89 bits per heavy atom. The number of ether oxygens (including phenoxy) is 1. The Morgan fingerprint density at radius 1 is 1.03 bits per heavy atom. The van der Waals surface area contributed by atoms with Gasteiger partial charge in [0.25, 0.3) is 0 Å². The fraction of sp³-hybridized carbons (Fsp3) is 0.310. The van der Waals surface area contributed by atoms with E-state index in [1.54, 1.807) is 6.20 Å². The SMILES string of the molecule is CN1c2cc(Br)ccc2-n2cc(Cc3cccnc3)c(=O)c3cc(OCCN4CCCCC4)cc1c32. The first-order chi connectivity index (χ1) is 17.6. The third kappa shape index (κ3) is 4.31. The molecule has 2 aliphatic heterocycles. The van der Waals surface area contributed by atoms with Gasteiger partial charge in [-0.25, -0.2) is 0 Å². The summed E-state index contributed by atoms with van der Waals surface area (Å²) in [7, 11) is 2.05. The molecule has 1 saturated heterocycles. The third-order valence-corrected chi connectivity index (χ3v) is 7.78. The number of hydrogen-bond acceptors (Lipinski definition) is 5. The van der Waals surface area contributed by atoms with E-state index in [0.717, 1.165) is 63.6 Å². The molecular weight excluding hydrogens is 516 g/mol. The number of piperidine rings is 1. The van der Waals surface area contributed by atoms with Crippen LogP contribution in [0.25, 0.3) is 16.6 Å². The zero-order valence-corrected chi connectivity index (χ0v) is 22.0. The van der Waals surface area contributed by atoms with Crippen molar-refractivity contribution in [2.24, 2.45) is 0 Å². The summed E-state index contributed by atoms with van der Waals surface area (Å²) in [5, 5.41) is 0.683. The summed E-state index contributed by atoms with van der Waals surface area (Å²) in [5.74, 6) is 0.738. The molecule has 7 heteroatoms. The Bertz CT molecular complexity index is 1480. The number of rotatable bonds is 6. The Balaban J connectivity index is 1.45. The Labute approximate surface area is 219 Å². The second-order valence-corrected chi connectivity index (χ2v) is 10.6. The smallest absolute Gasteiger partial charge is 0.193 e. The molecule has 0 unspecified atom stereocenters. The van der Waals surface area contributed by atoms with E-state index in [1.165, 1.54) is 19.3 Å². The number of aromatic nitrogens is 2. The van der Waals surface area contributed by atoms with Gasteiger partial charge in [-0.2, -0.15) is 0 Å². The summed E-state index contributed by atoms with van der Waals surface area (Å²) in [6, 6.07) is 14.2. The molecule has 4 heterocycles. The molecule has 2 aromatic carbocycles. The van der Waals surface area contributed by atoms with Gasteiger partial charge < -0.3 is 14.2 Å². The molecule has 184 valence electrons. The van der Waals surface area contributed by atoms with Crippen LogP contribution < -0.4 is 15.1 Å². The van der Waals surface area contributed by atoms with Crippen LogP contribution in [0.3, 0.4) is 0 Å². The Morgan fingerprint density at radius 3 is 2.69 bits per heavy atom. The van der Waals surface area contributed by atoms with Gasteiger partial charge in [-0.05, 0) is 61.8 Å². The van der Waals surface area contributed by atoms with Crippen molar-refractivity contribution in [3.05, 3.63) is 86.9 Å². The van der Waals surface area contributed by atoms with Crippen molar-refractivity contribution in [3.63, 3.8) is 0 Å². The van der Waals surface area contributed by atoms with Gasteiger partial charge in [-0.3, -0.25) is 14.7 Å². The molecule has 6 nitrogen and oxygen atoms in total. The summed E-state index contributed by atoms with van der Waals surface area (Å²) >= 11 is 3.63. The van der Waals surface area contributed by atoms with Gasteiger partial charge in [0.05, 0.1) is 28.0 Å². The third-order valence-electron chi connectivity index (χ3n) is 7.29. The average Bonchev–Trinajstić information content (AvgIpc) is 2.90.